The van der Waals surface area contributed by atoms with E-state index in [1.807, 2.05) is 48.5 Å². The van der Waals surface area contributed by atoms with Crippen molar-refractivity contribution >= 4 is 23.4 Å². The number of carbonyl (C=O) groups is 1. The predicted molar refractivity (Wildman–Crippen MR) is 105 cm³/mol. The van der Waals surface area contributed by atoms with Gasteiger partial charge in [-0.25, -0.2) is 0 Å². The fourth-order valence-electron chi connectivity index (χ4n) is 3.22. The SMILES string of the molecule is O=C1c2ccccc2N[C@H](c2ccc(CSC(F)F)o2)N1Cc1ccccc1. The highest BCUT2D eigenvalue weighted by atomic mass is 32.2. The van der Waals surface area contributed by atoms with Gasteiger partial charge in [0.05, 0.1) is 11.3 Å². The van der Waals surface area contributed by atoms with Crippen LogP contribution in [0.1, 0.15) is 33.6 Å². The summed E-state index contributed by atoms with van der Waals surface area (Å²) in [6.45, 7) is 0.396. The van der Waals surface area contributed by atoms with Crippen LogP contribution in [0.3, 0.4) is 0 Å². The van der Waals surface area contributed by atoms with Gasteiger partial charge in [-0.1, -0.05) is 54.2 Å². The first kappa shape index (κ1) is 18.6. The summed E-state index contributed by atoms with van der Waals surface area (Å²) in [7, 11) is 0. The zero-order valence-electron chi connectivity index (χ0n) is 14.8. The maximum atomic E-state index is 13.2. The third kappa shape index (κ3) is 3.89. The zero-order chi connectivity index (χ0) is 19.5. The average molecular weight is 400 g/mol. The van der Waals surface area contributed by atoms with Crippen molar-refractivity contribution in [3.63, 3.8) is 0 Å². The molecule has 2 heterocycles. The summed E-state index contributed by atoms with van der Waals surface area (Å²) in [5.41, 5.74) is 2.30. The standard InChI is InChI=1S/C21H18F2N2O2S/c22-21(23)28-13-15-10-11-18(27-15)19-24-17-9-5-4-8-16(17)20(26)25(19)12-14-6-2-1-3-7-14/h1-11,19,21,24H,12-13H2/t19-/m0/s1. The van der Waals surface area contributed by atoms with Gasteiger partial charge in [0.25, 0.3) is 11.7 Å². The minimum absolute atomic E-state index is 0.0770. The van der Waals surface area contributed by atoms with Gasteiger partial charge in [0.2, 0.25) is 0 Å². The second-order valence-corrected chi connectivity index (χ2v) is 7.37. The quantitative estimate of drug-likeness (QED) is 0.593. The number of hydrogen-bond donors (Lipinski definition) is 1. The molecule has 1 aliphatic rings. The molecular formula is C21H18F2N2O2S. The van der Waals surface area contributed by atoms with Crippen molar-refractivity contribution in [1.82, 2.24) is 4.90 Å². The summed E-state index contributed by atoms with van der Waals surface area (Å²) in [5, 5.41) is 3.35. The van der Waals surface area contributed by atoms with Crippen LogP contribution in [0.4, 0.5) is 14.5 Å². The van der Waals surface area contributed by atoms with E-state index in [0.29, 0.717) is 35.4 Å². The van der Waals surface area contributed by atoms with Gasteiger partial charge in [-0.3, -0.25) is 4.79 Å². The molecule has 7 heteroatoms. The molecule has 0 radical (unpaired) electrons. The molecular weight excluding hydrogens is 382 g/mol. The number of alkyl halides is 2. The fraction of sp³-hybridized carbons (Fsp3) is 0.190. The van der Waals surface area contributed by atoms with E-state index >= 15 is 0 Å². The van der Waals surface area contributed by atoms with E-state index in [9.17, 15) is 13.6 Å². The normalized spacial score (nSPS) is 16.2. The van der Waals surface area contributed by atoms with Crippen LogP contribution in [0.5, 0.6) is 0 Å². The van der Waals surface area contributed by atoms with E-state index in [4.69, 9.17) is 4.42 Å². The Bertz CT molecular complexity index is 962. The molecule has 0 aliphatic carbocycles. The molecule has 4 nitrogen and oxygen atoms in total. The summed E-state index contributed by atoms with van der Waals surface area (Å²) < 4.78 is 30.7. The summed E-state index contributed by atoms with van der Waals surface area (Å²) >= 11 is 0.509. The largest absolute Gasteiger partial charge is 0.461 e. The van der Waals surface area contributed by atoms with Crippen LogP contribution < -0.4 is 5.32 Å². The molecule has 144 valence electrons. The molecule has 28 heavy (non-hydrogen) atoms. The van der Waals surface area contributed by atoms with Crippen molar-refractivity contribution in [3.05, 3.63) is 89.4 Å². The van der Waals surface area contributed by atoms with E-state index in [2.05, 4.69) is 5.32 Å². The first-order valence-corrected chi connectivity index (χ1v) is 9.85. The Morgan fingerprint density at radius 3 is 2.57 bits per heavy atom. The number of hydrogen-bond acceptors (Lipinski definition) is 4. The minimum atomic E-state index is -2.45. The van der Waals surface area contributed by atoms with Crippen LogP contribution in [0.15, 0.2) is 71.1 Å². The van der Waals surface area contributed by atoms with E-state index in [-0.39, 0.29) is 11.7 Å². The molecule has 0 saturated carbocycles. The lowest BCUT2D eigenvalue weighted by molar-refractivity contribution is 0.0644. The molecule has 0 unspecified atom stereocenters. The molecule has 1 aromatic heterocycles. The number of anilines is 1. The number of halogens is 2. The molecule has 1 atom stereocenters. The molecule has 1 amide bonds. The van der Waals surface area contributed by atoms with E-state index in [1.54, 1.807) is 23.1 Å². The van der Waals surface area contributed by atoms with Crippen molar-refractivity contribution < 1.29 is 18.0 Å². The van der Waals surface area contributed by atoms with Crippen molar-refractivity contribution in [3.8, 4) is 0 Å². The Morgan fingerprint density at radius 1 is 1.04 bits per heavy atom. The highest BCUT2D eigenvalue weighted by Gasteiger charge is 2.34. The Balaban J connectivity index is 1.65. The summed E-state index contributed by atoms with van der Waals surface area (Å²) in [6.07, 6.45) is -0.520. The van der Waals surface area contributed by atoms with Crippen LogP contribution in [0, 0.1) is 0 Å². The third-order valence-electron chi connectivity index (χ3n) is 4.52. The van der Waals surface area contributed by atoms with Gasteiger partial charge in [0.15, 0.2) is 6.17 Å². The van der Waals surface area contributed by atoms with E-state index in [0.717, 1.165) is 11.3 Å². The first-order valence-electron chi connectivity index (χ1n) is 8.80. The van der Waals surface area contributed by atoms with Crippen molar-refractivity contribution in [1.29, 1.82) is 0 Å². The number of fused-ring (bicyclic) bond motifs is 1. The monoisotopic (exact) mass is 400 g/mol. The van der Waals surface area contributed by atoms with E-state index in [1.165, 1.54) is 0 Å². The summed E-state index contributed by atoms with van der Waals surface area (Å²) in [4.78, 5) is 14.9. The summed E-state index contributed by atoms with van der Waals surface area (Å²) in [6, 6.07) is 20.4. The highest BCUT2D eigenvalue weighted by molar-refractivity contribution is 7.98. The minimum Gasteiger partial charge on any atom is -0.461 e. The Morgan fingerprint density at radius 2 is 1.79 bits per heavy atom. The van der Waals surface area contributed by atoms with Crippen molar-refractivity contribution in [2.45, 2.75) is 24.2 Å². The molecule has 4 rings (SSSR count). The van der Waals surface area contributed by atoms with Gasteiger partial charge in [-0.15, -0.1) is 0 Å². The molecule has 0 saturated heterocycles. The van der Waals surface area contributed by atoms with Gasteiger partial charge in [0.1, 0.15) is 11.5 Å². The fourth-order valence-corrected chi connectivity index (χ4v) is 3.67. The topological polar surface area (TPSA) is 45.5 Å². The second kappa shape index (κ2) is 8.06. The number of rotatable bonds is 6. The highest BCUT2D eigenvalue weighted by Crippen LogP contribution is 2.35. The van der Waals surface area contributed by atoms with Crippen LogP contribution >= 0.6 is 11.8 Å². The number of thioether (sulfide) groups is 1. The van der Waals surface area contributed by atoms with Crippen LogP contribution in [0.25, 0.3) is 0 Å². The zero-order valence-corrected chi connectivity index (χ0v) is 15.7. The number of amides is 1. The number of carbonyl (C=O) groups excluding carboxylic acids is 1. The van der Waals surface area contributed by atoms with Crippen molar-refractivity contribution in [2.24, 2.45) is 0 Å². The molecule has 0 bridgehead atoms. The van der Waals surface area contributed by atoms with Gasteiger partial charge in [-0.05, 0) is 29.8 Å². The van der Waals surface area contributed by atoms with Gasteiger partial charge in [-0.2, -0.15) is 8.78 Å². The van der Waals surface area contributed by atoms with Crippen LogP contribution in [-0.4, -0.2) is 16.6 Å². The second-order valence-electron chi connectivity index (χ2n) is 6.39. The number of furan rings is 1. The summed E-state index contributed by atoms with van der Waals surface area (Å²) in [5.74, 6) is -1.52. The van der Waals surface area contributed by atoms with Gasteiger partial charge >= 0.3 is 0 Å². The number of nitrogens with one attached hydrogen (secondary N) is 1. The first-order chi connectivity index (χ1) is 13.6. The lowest BCUT2D eigenvalue weighted by Crippen LogP contribution is -2.42. The average Bonchev–Trinajstić information content (AvgIpc) is 3.18. The van der Waals surface area contributed by atoms with Gasteiger partial charge in [0, 0.05) is 12.2 Å². The molecule has 1 N–H and O–H groups in total. The molecule has 0 fully saturated rings. The third-order valence-corrected chi connectivity index (χ3v) is 5.22. The number of para-hydroxylation sites is 1. The lowest BCUT2D eigenvalue weighted by Gasteiger charge is -2.36. The molecule has 0 spiro atoms. The molecule has 3 aromatic rings. The van der Waals surface area contributed by atoms with Crippen LogP contribution in [-0.2, 0) is 12.3 Å². The Labute approximate surface area is 165 Å². The Kier molecular flexibility index (Phi) is 5.34. The maximum Gasteiger partial charge on any atom is 0.284 e. The van der Waals surface area contributed by atoms with Crippen LogP contribution in [0.2, 0.25) is 0 Å². The number of nitrogens with zero attached hydrogens (tertiary/aromatic N) is 1. The van der Waals surface area contributed by atoms with Gasteiger partial charge < -0.3 is 14.6 Å². The smallest absolute Gasteiger partial charge is 0.284 e. The molecule has 1 aliphatic heterocycles. The van der Waals surface area contributed by atoms with E-state index < -0.39 is 11.9 Å². The predicted octanol–water partition coefficient (Wildman–Crippen LogP) is 5.50. The Hall–Kier alpha value is -2.80. The lowest BCUT2D eigenvalue weighted by atomic mass is 10.1. The molecule has 2 aromatic carbocycles. The maximum absolute atomic E-state index is 13.2. The number of benzene rings is 2. The van der Waals surface area contributed by atoms with Crippen molar-refractivity contribution in [2.75, 3.05) is 5.32 Å².